The number of thioether (sulfide) groups is 1. The Morgan fingerprint density at radius 1 is 1.62 bits per heavy atom. The second-order valence-electron chi connectivity index (χ2n) is 2.83. The van der Waals surface area contributed by atoms with Gasteiger partial charge in [-0.15, -0.1) is 0 Å². The number of anilines is 1. The SMILES string of the molecule is CCSCC(C)Nc1nnnn1C. The Labute approximate surface area is 82.3 Å². The quantitative estimate of drug-likeness (QED) is 0.762. The molecular formula is C7H15N5S. The zero-order valence-electron chi connectivity index (χ0n) is 8.19. The lowest BCUT2D eigenvalue weighted by atomic mass is 10.4. The first-order valence-electron chi connectivity index (χ1n) is 4.30. The molecule has 1 N–H and O–H groups in total. The number of hydrogen-bond acceptors (Lipinski definition) is 5. The van der Waals surface area contributed by atoms with E-state index in [9.17, 15) is 0 Å². The summed E-state index contributed by atoms with van der Waals surface area (Å²) in [7, 11) is 1.82. The molecule has 0 amide bonds. The molecule has 74 valence electrons. The van der Waals surface area contributed by atoms with Gasteiger partial charge in [-0.3, -0.25) is 0 Å². The van der Waals surface area contributed by atoms with E-state index >= 15 is 0 Å². The summed E-state index contributed by atoms with van der Waals surface area (Å²) in [6, 6.07) is 0.398. The molecule has 1 atom stereocenters. The van der Waals surface area contributed by atoms with Crippen molar-refractivity contribution in [2.24, 2.45) is 7.05 Å². The number of nitrogens with zero attached hydrogens (tertiary/aromatic N) is 4. The van der Waals surface area contributed by atoms with Crippen LogP contribution < -0.4 is 5.32 Å². The molecule has 0 bridgehead atoms. The number of tetrazole rings is 1. The van der Waals surface area contributed by atoms with Crippen LogP contribution in [0.3, 0.4) is 0 Å². The minimum atomic E-state index is 0.398. The van der Waals surface area contributed by atoms with Crippen molar-refractivity contribution in [1.29, 1.82) is 0 Å². The van der Waals surface area contributed by atoms with E-state index in [4.69, 9.17) is 0 Å². The van der Waals surface area contributed by atoms with Crippen molar-refractivity contribution in [3.63, 3.8) is 0 Å². The van der Waals surface area contributed by atoms with Gasteiger partial charge in [0.2, 0.25) is 5.95 Å². The molecule has 0 saturated heterocycles. The normalized spacial score (nSPS) is 12.8. The summed E-state index contributed by atoms with van der Waals surface area (Å²) >= 11 is 1.90. The van der Waals surface area contributed by atoms with Crippen molar-refractivity contribution in [3.8, 4) is 0 Å². The molecule has 1 unspecified atom stereocenters. The number of hydrogen-bond donors (Lipinski definition) is 1. The average Bonchev–Trinajstić information content (AvgIpc) is 2.48. The van der Waals surface area contributed by atoms with Gasteiger partial charge in [0.1, 0.15) is 0 Å². The Bertz CT molecular complexity index is 249. The van der Waals surface area contributed by atoms with Gasteiger partial charge in [0.15, 0.2) is 0 Å². The number of nitrogens with one attached hydrogen (secondary N) is 1. The summed E-state index contributed by atoms with van der Waals surface area (Å²) in [5.74, 6) is 2.94. The zero-order chi connectivity index (χ0) is 9.68. The molecule has 13 heavy (non-hydrogen) atoms. The van der Waals surface area contributed by atoms with Crippen LogP contribution in [-0.4, -0.2) is 37.8 Å². The van der Waals surface area contributed by atoms with Crippen molar-refractivity contribution in [2.45, 2.75) is 19.9 Å². The lowest BCUT2D eigenvalue weighted by Gasteiger charge is -2.11. The van der Waals surface area contributed by atoms with Crippen molar-refractivity contribution in [3.05, 3.63) is 0 Å². The Balaban J connectivity index is 2.36. The van der Waals surface area contributed by atoms with Gasteiger partial charge in [0.25, 0.3) is 0 Å². The van der Waals surface area contributed by atoms with E-state index in [1.165, 1.54) is 0 Å². The topological polar surface area (TPSA) is 55.6 Å². The van der Waals surface area contributed by atoms with Gasteiger partial charge in [-0.1, -0.05) is 12.0 Å². The highest BCUT2D eigenvalue weighted by molar-refractivity contribution is 7.99. The van der Waals surface area contributed by atoms with Crippen molar-refractivity contribution in [1.82, 2.24) is 20.2 Å². The standard InChI is InChI=1S/C7H15N5S/c1-4-13-5-6(2)8-7-9-10-11-12(7)3/h6H,4-5H2,1-3H3,(H,8,9,11). The highest BCUT2D eigenvalue weighted by atomic mass is 32.2. The molecule has 0 radical (unpaired) electrons. The molecule has 0 fully saturated rings. The van der Waals surface area contributed by atoms with Crippen LogP contribution in [0.15, 0.2) is 0 Å². The van der Waals surface area contributed by atoms with E-state index in [0.29, 0.717) is 6.04 Å². The van der Waals surface area contributed by atoms with Gasteiger partial charge < -0.3 is 5.32 Å². The molecule has 6 heteroatoms. The maximum atomic E-state index is 3.85. The highest BCUT2D eigenvalue weighted by Gasteiger charge is 2.05. The largest absolute Gasteiger partial charge is 0.350 e. The Morgan fingerprint density at radius 3 is 2.92 bits per heavy atom. The number of aryl methyl sites for hydroxylation is 1. The molecular weight excluding hydrogens is 186 g/mol. The highest BCUT2D eigenvalue weighted by Crippen LogP contribution is 2.06. The molecule has 0 saturated carbocycles. The van der Waals surface area contributed by atoms with E-state index < -0.39 is 0 Å². The van der Waals surface area contributed by atoms with Crippen molar-refractivity contribution >= 4 is 17.7 Å². The van der Waals surface area contributed by atoms with E-state index in [2.05, 4.69) is 34.7 Å². The molecule has 5 nitrogen and oxygen atoms in total. The van der Waals surface area contributed by atoms with E-state index in [1.54, 1.807) is 4.68 Å². The van der Waals surface area contributed by atoms with Crippen LogP contribution in [0.2, 0.25) is 0 Å². The van der Waals surface area contributed by atoms with E-state index in [1.807, 2.05) is 18.8 Å². The third kappa shape index (κ3) is 3.22. The minimum Gasteiger partial charge on any atom is -0.350 e. The predicted molar refractivity (Wildman–Crippen MR) is 54.9 cm³/mol. The zero-order valence-corrected chi connectivity index (χ0v) is 9.01. The molecule has 0 spiro atoms. The van der Waals surface area contributed by atoms with E-state index in [-0.39, 0.29) is 0 Å². The average molecular weight is 201 g/mol. The summed E-state index contributed by atoms with van der Waals surface area (Å²) in [4.78, 5) is 0. The summed E-state index contributed by atoms with van der Waals surface area (Å²) in [6.07, 6.45) is 0. The first-order chi connectivity index (χ1) is 6.24. The Hall–Kier alpha value is -0.780. The van der Waals surface area contributed by atoms with Gasteiger partial charge in [0, 0.05) is 18.8 Å². The van der Waals surface area contributed by atoms with Gasteiger partial charge in [-0.05, 0) is 23.1 Å². The molecule has 0 aromatic carbocycles. The van der Waals surface area contributed by atoms with Crippen LogP contribution in [0.25, 0.3) is 0 Å². The third-order valence-electron chi connectivity index (χ3n) is 1.57. The lowest BCUT2D eigenvalue weighted by Crippen LogP contribution is -2.20. The molecule has 1 aromatic rings. The molecule has 0 aliphatic carbocycles. The maximum absolute atomic E-state index is 3.85. The van der Waals surface area contributed by atoms with Crippen LogP contribution >= 0.6 is 11.8 Å². The van der Waals surface area contributed by atoms with E-state index in [0.717, 1.165) is 17.5 Å². The smallest absolute Gasteiger partial charge is 0.242 e. The molecule has 1 rings (SSSR count). The minimum absolute atomic E-state index is 0.398. The van der Waals surface area contributed by atoms with Gasteiger partial charge in [0.05, 0.1) is 0 Å². The van der Waals surface area contributed by atoms with Crippen molar-refractivity contribution in [2.75, 3.05) is 16.8 Å². The van der Waals surface area contributed by atoms with Crippen molar-refractivity contribution < 1.29 is 0 Å². The summed E-state index contributed by atoms with van der Waals surface area (Å²) in [6.45, 7) is 4.28. The lowest BCUT2D eigenvalue weighted by molar-refractivity contribution is 0.707. The maximum Gasteiger partial charge on any atom is 0.242 e. The van der Waals surface area contributed by atoms with Crippen LogP contribution in [0.4, 0.5) is 5.95 Å². The molecule has 1 heterocycles. The summed E-state index contributed by atoms with van der Waals surface area (Å²) < 4.78 is 1.63. The molecule has 0 aliphatic heterocycles. The number of aromatic nitrogens is 4. The van der Waals surface area contributed by atoms with Gasteiger partial charge in [-0.2, -0.15) is 11.8 Å². The Morgan fingerprint density at radius 2 is 2.38 bits per heavy atom. The van der Waals surface area contributed by atoms with Gasteiger partial charge >= 0.3 is 0 Å². The molecule has 1 aromatic heterocycles. The summed E-state index contributed by atoms with van der Waals surface area (Å²) in [5.41, 5.74) is 0. The fourth-order valence-corrected chi connectivity index (χ4v) is 1.58. The fourth-order valence-electron chi connectivity index (χ4n) is 0.908. The van der Waals surface area contributed by atoms with Crippen LogP contribution in [0, 0.1) is 0 Å². The predicted octanol–water partition coefficient (Wildman–Crippen LogP) is 0.764. The number of rotatable bonds is 5. The van der Waals surface area contributed by atoms with Crippen LogP contribution in [-0.2, 0) is 7.05 Å². The second-order valence-corrected chi connectivity index (χ2v) is 4.15. The molecule has 0 aliphatic rings. The fraction of sp³-hybridized carbons (Fsp3) is 0.857. The third-order valence-corrected chi connectivity index (χ3v) is 2.71. The summed E-state index contributed by atoms with van der Waals surface area (Å²) in [5, 5.41) is 14.4. The monoisotopic (exact) mass is 201 g/mol. The van der Waals surface area contributed by atoms with Crippen LogP contribution in [0.5, 0.6) is 0 Å². The van der Waals surface area contributed by atoms with Crippen LogP contribution in [0.1, 0.15) is 13.8 Å². The van der Waals surface area contributed by atoms with Gasteiger partial charge in [-0.25, -0.2) is 4.68 Å². The first kappa shape index (κ1) is 10.3. The Kier molecular flexibility index (Phi) is 4.01. The first-order valence-corrected chi connectivity index (χ1v) is 5.46. The second kappa shape index (κ2) is 5.06.